The van der Waals surface area contributed by atoms with Crippen molar-refractivity contribution < 1.29 is 23.8 Å². The fraction of sp³-hybridized carbons (Fsp3) is 0.459. The molecule has 8 nitrogen and oxygen atoms in total. The molecule has 9 heteroatoms. The number of nitrogens with zero attached hydrogens (tertiary/aromatic N) is 3. The number of fused-ring (bicyclic) bond motifs is 1. The third kappa shape index (κ3) is 7.72. The van der Waals surface area contributed by atoms with Gasteiger partial charge < -0.3 is 28.9 Å². The first-order chi connectivity index (χ1) is 21.8. The quantitative estimate of drug-likeness (QED) is 0.248. The number of ether oxygens (including phenoxy) is 3. The van der Waals surface area contributed by atoms with E-state index in [1.54, 1.807) is 7.11 Å². The highest BCUT2D eigenvalue weighted by atomic mass is 35.5. The number of likely N-dealkylation sites (tertiary alicyclic amines) is 1. The molecule has 0 aliphatic carbocycles. The summed E-state index contributed by atoms with van der Waals surface area (Å²) in [5, 5.41) is 0.638. The van der Waals surface area contributed by atoms with Gasteiger partial charge in [0.25, 0.3) is 0 Å². The molecule has 1 saturated heterocycles. The van der Waals surface area contributed by atoms with Crippen LogP contribution in [0.5, 0.6) is 11.5 Å². The smallest absolute Gasteiger partial charge is 0.410 e. The molecule has 2 heterocycles. The van der Waals surface area contributed by atoms with Crippen molar-refractivity contribution in [3.63, 3.8) is 0 Å². The lowest BCUT2D eigenvalue weighted by molar-refractivity contribution is -0.118. The van der Waals surface area contributed by atoms with Crippen molar-refractivity contribution in [2.45, 2.75) is 71.6 Å². The third-order valence-electron chi connectivity index (χ3n) is 8.50. The van der Waals surface area contributed by atoms with Gasteiger partial charge in [0.15, 0.2) is 11.5 Å². The number of anilines is 2. The van der Waals surface area contributed by atoms with E-state index in [1.165, 1.54) is 0 Å². The highest BCUT2D eigenvalue weighted by molar-refractivity contribution is 6.30. The van der Waals surface area contributed by atoms with Crippen molar-refractivity contribution in [1.29, 1.82) is 0 Å². The summed E-state index contributed by atoms with van der Waals surface area (Å²) in [5.74, 6) is 1.74. The van der Waals surface area contributed by atoms with E-state index < -0.39 is 5.60 Å². The minimum Gasteiger partial charge on any atom is -0.493 e. The lowest BCUT2D eigenvalue weighted by atomic mass is 9.86. The maximum Gasteiger partial charge on any atom is 0.410 e. The van der Waals surface area contributed by atoms with E-state index in [0.29, 0.717) is 35.5 Å². The first-order valence-electron chi connectivity index (χ1n) is 16.1. The van der Waals surface area contributed by atoms with Gasteiger partial charge in [-0.1, -0.05) is 23.7 Å². The van der Waals surface area contributed by atoms with Crippen LogP contribution < -0.4 is 19.3 Å². The average Bonchev–Trinajstić information content (AvgIpc) is 3.00. The molecule has 0 bridgehead atoms. The first-order valence-corrected chi connectivity index (χ1v) is 16.4. The molecule has 0 N–H and O–H groups in total. The Hall–Kier alpha value is -3.91. The van der Waals surface area contributed by atoms with Gasteiger partial charge in [-0.25, -0.2) is 4.79 Å². The fourth-order valence-electron chi connectivity index (χ4n) is 6.31. The lowest BCUT2D eigenvalue weighted by Crippen LogP contribution is -2.43. The summed E-state index contributed by atoms with van der Waals surface area (Å²) in [7, 11) is 3.71. The van der Waals surface area contributed by atoms with Gasteiger partial charge >= 0.3 is 6.09 Å². The summed E-state index contributed by atoms with van der Waals surface area (Å²) >= 11 is 6.27. The third-order valence-corrected chi connectivity index (χ3v) is 8.76. The molecule has 0 spiro atoms. The van der Waals surface area contributed by atoms with Gasteiger partial charge in [-0.2, -0.15) is 0 Å². The zero-order valence-corrected chi connectivity index (χ0v) is 28.8. The maximum absolute atomic E-state index is 13.9. The summed E-state index contributed by atoms with van der Waals surface area (Å²) in [6.07, 6.45) is 1.84. The summed E-state index contributed by atoms with van der Waals surface area (Å²) in [5.41, 5.74) is 4.28. The van der Waals surface area contributed by atoms with E-state index >= 15 is 0 Å². The number of methoxy groups -OCH3 is 1. The molecular weight excluding hydrogens is 602 g/mol. The van der Waals surface area contributed by atoms with Crippen molar-refractivity contribution in [2.75, 3.05) is 43.6 Å². The lowest BCUT2D eigenvalue weighted by Gasteiger charge is -2.38. The van der Waals surface area contributed by atoms with E-state index in [9.17, 15) is 9.59 Å². The normalized spacial score (nSPS) is 17.2. The predicted octanol–water partition coefficient (Wildman–Crippen LogP) is 7.90. The number of amides is 2. The minimum atomic E-state index is -0.490. The van der Waals surface area contributed by atoms with Gasteiger partial charge in [0, 0.05) is 43.1 Å². The molecule has 3 aromatic carbocycles. The van der Waals surface area contributed by atoms with Crippen LogP contribution in [0.2, 0.25) is 5.02 Å². The Morgan fingerprint density at radius 2 is 1.65 bits per heavy atom. The molecule has 1 atom stereocenters. The Labute approximate surface area is 278 Å². The highest BCUT2D eigenvalue weighted by Crippen LogP contribution is 2.44. The van der Waals surface area contributed by atoms with Crippen molar-refractivity contribution in [1.82, 2.24) is 4.90 Å². The maximum atomic E-state index is 13.9. The molecule has 0 radical (unpaired) electrons. The molecule has 1 fully saturated rings. The Morgan fingerprint density at radius 3 is 2.24 bits per heavy atom. The van der Waals surface area contributed by atoms with Crippen molar-refractivity contribution in [3.8, 4) is 11.5 Å². The Kier molecular flexibility index (Phi) is 10.1. The summed E-state index contributed by atoms with van der Waals surface area (Å²) in [6.45, 7) is 11.9. The van der Waals surface area contributed by atoms with Gasteiger partial charge in [-0.15, -0.1) is 0 Å². The molecule has 2 aliphatic rings. The number of hydrogen-bond donors (Lipinski definition) is 0. The molecule has 1 unspecified atom stereocenters. The van der Waals surface area contributed by atoms with Crippen molar-refractivity contribution in [2.24, 2.45) is 5.92 Å². The molecule has 0 saturated carbocycles. The Balaban J connectivity index is 1.36. The topological polar surface area (TPSA) is 71.6 Å². The zero-order chi connectivity index (χ0) is 33.2. The van der Waals surface area contributed by atoms with E-state index in [2.05, 4.69) is 24.1 Å². The van der Waals surface area contributed by atoms with Crippen LogP contribution in [-0.4, -0.2) is 62.4 Å². The van der Waals surface area contributed by atoms with Gasteiger partial charge in [0.05, 0.1) is 25.7 Å². The monoisotopic (exact) mass is 647 g/mol. The molecule has 2 aliphatic heterocycles. The van der Waals surface area contributed by atoms with E-state index in [0.717, 1.165) is 47.5 Å². The first kappa shape index (κ1) is 33.5. The number of carbonyl (C=O) groups excluding carboxylic acids is 2. The molecule has 5 rings (SSSR count). The molecule has 46 heavy (non-hydrogen) atoms. The van der Waals surface area contributed by atoms with E-state index in [-0.39, 0.29) is 30.6 Å². The van der Waals surface area contributed by atoms with Gasteiger partial charge in [0.1, 0.15) is 5.60 Å². The van der Waals surface area contributed by atoms with E-state index in [1.807, 2.05) is 92.9 Å². The van der Waals surface area contributed by atoms with E-state index in [4.69, 9.17) is 25.8 Å². The van der Waals surface area contributed by atoms with Crippen LogP contribution in [-0.2, 0) is 16.0 Å². The predicted molar refractivity (Wildman–Crippen MR) is 183 cm³/mol. The van der Waals surface area contributed by atoms with Crippen LogP contribution in [0.25, 0.3) is 0 Å². The SMILES string of the molecule is COc1cc2c(cc1OC(C)C)C(c1ccc(Cl)cc1)N(c1ccc(N(C)CC3CCN(C(=O)OC(C)(C)C)CC3)cc1)C(=O)C2. The zero-order valence-electron chi connectivity index (χ0n) is 28.0. The van der Waals surface area contributed by atoms with Crippen LogP contribution in [0.1, 0.15) is 70.2 Å². The second-order valence-corrected chi connectivity index (χ2v) is 14.0. The summed E-state index contributed by atoms with van der Waals surface area (Å²) < 4.78 is 17.3. The van der Waals surface area contributed by atoms with Crippen LogP contribution in [0.15, 0.2) is 60.7 Å². The fourth-order valence-corrected chi connectivity index (χ4v) is 6.44. The number of hydrogen-bond acceptors (Lipinski definition) is 6. The molecule has 3 aromatic rings. The second-order valence-electron chi connectivity index (χ2n) is 13.6. The van der Waals surface area contributed by atoms with Crippen molar-refractivity contribution >= 4 is 35.0 Å². The number of rotatable bonds is 8. The number of piperidine rings is 1. The average molecular weight is 648 g/mol. The molecule has 246 valence electrons. The number of halogens is 1. The van der Waals surface area contributed by atoms with Gasteiger partial charge in [-0.05, 0) is 119 Å². The Bertz CT molecular complexity index is 1530. The van der Waals surface area contributed by atoms with Crippen LogP contribution in [0, 0.1) is 5.92 Å². The number of benzene rings is 3. The second kappa shape index (κ2) is 13.8. The van der Waals surface area contributed by atoms with Gasteiger partial charge in [0.2, 0.25) is 5.91 Å². The van der Waals surface area contributed by atoms with Crippen molar-refractivity contribution in [3.05, 3.63) is 82.4 Å². The minimum absolute atomic E-state index is 0.00452. The molecular formula is C37H46ClN3O5. The van der Waals surface area contributed by atoms with Crippen LogP contribution >= 0.6 is 11.6 Å². The highest BCUT2D eigenvalue weighted by Gasteiger charge is 2.36. The molecule has 2 amide bonds. The Morgan fingerprint density at radius 1 is 1.00 bits per heavy atom. The standard InChI is InChI=1S/C37H46ClN3O5/c1-24(2)45-33-22-31-27(20-32(33)44-7)21-34(42)41(35(31)26-8-10-28(38)11-9-26)30-14-12-29(13-15-30)39(6)23-25-16-18-40(19-17-25)36(43)46-37(3,4)5/h8-15,20,22,24-25,35H,16-19,21,23H2,1-7H3. The molecule has 0 aromatic heterocycles. The van der Waals surface area contributed by atoms with Gasteiger partial charge in [-0.3, -0.25) is 4.79 Å². The van der Waals surface area contributed by atoms with Crippen LogP contribution in [0.4, 0.5) is 16.2 Å². The largest absolute Gasteiger partial charge is 0.493 e. The van der Waals surface area contributed by atoms with Crippen LogP contribution in [0.3, 0.4) is 0 Å². The summed E-state index contributed by atoms with van der Waals surface area (Å²) in [4.78, 5) is 32.3. The summed E-state index contributed by atoms with van der Waals surface area (Å²) in [6, 6.07) is 19.5. The number of carbonyl (C=O) groups is 2.